The molecule has 0 bridgehead atoms. The number of nitrogens with zero attached hydrogens (tertiary/aromatic N) is 2. The van der Waals surface area contributed by atoms with Crippen LogP contribution in [0.1, 0.15) is 99.3 Å². The fourth-order valence-corrected chi connectivity index (χ4v) is 5.89. The van der Waals surface area contributed by atoms with E-state index in [0.717, 1.165) is 44.1 Å². The van der Waals surface area contributed by atoms with E-state index in [2.05, 4.69) is 10.6 Å². The highest BCUT2D eigenvalue weighted by Crippen LogP contribution is 2.31. The summed E-state index contributed by atoms with van der Waals surface area (Å²) in [6.07, 6.45) is 5.66. The number of methoxy groups -OCH3 is 1. The van der Waals surface area contributed by atoms with Crippen LogP contribution in [0, 0.1) is 5.92 Å². The van der Waals surface area contributed by atoms with Crippen LogP contribution in [0.5, 0.6) is 0 Å². The van der Waals surface area contributed by atoms with Gasteiger partial charge in [-0.15, -0.1) is 0 Å². The molecule has 0 spiro atoms. The summed E-state index contributed by atoms with van der Waals surface area (Å²) in [7, 11) is 1.11. The van der Waals surface area contributed by atoms with Crippen molar-refractivity contribution in [3.8, 4) is 0 Å². The number of hydrogen-bond acceptors (Lipinski definition) is 10. The third kappa shape index (κ3) is 14.2. The summed E-state index contributed by atoms with van der Waals surface area (Å²) in [6.45, 7) is 9.66. The first-order chi connectivity index (χ1) is 22.8. The quantitative estimate of drug-likeness (QED) is 0.0848. The second kappa shape index (κ2) is 18.8. The highest BCUT2D eigenvalue weighted by molar-refractivity contribution is 5.94. The molecule has 1 heterocycles. The van der Waals surface area contributed by atoms with E-state index in [1.807, 2.05) is 0 Å². The predicted molar refractivity (Wildman–Crippen MR) is 178 cm³/mol. The van der Waals surface area contributed by atoms with Crippen molar-refractivity contribution >= 4 is 35.9 Å². The number of carboxylic acid groups (broad SMARTS) is 1. The van der Waals surface area contributed by atoms with Crippen molar-refractivity contribution in [1.29, 1.82) is 0 Å². The van der Waals surface area contributed by atoms with E-state index < -0.39 is 77.9 Å². The second-order valence-electron chi connectivity index (χ2n) is 14.6. The molecule has 0 aromatic heterocycles. The van der Waals surface area contributed by atoms with Crippen LogP contribution >= 0.6 is 0 Å². The highest BCUT2D eigenvalue weighted by atomic mass is 16.6. The van der Waals surface area contributed by atoms with Gasteiger partial charge in [0.25, 0.3) is 0 Å². The highest BCUT2D eigenvalue weighted by Gasteiger charge is 2.42. The maximum absolute atomic E-state index is 14.3. The lowest BCUT2D eigenvalue weighted by molar-refractivity contribution is -0.153. The molecule has 0 radical (unpaired) electrons. The van der Waals surface area contributed by atoms with Crippen molar-refractivity contribution in [3.63, 3.8) is 0 Å². The average molecular weight is 697 g/mol. The first kappa shape index (κ1) is 41.3. The van der Waals surface area contributed by atoms with E-state index in [4.69, 9.17) is 14.2 Å². The van der Waals surface area contributed by atoms with Crippen molar-refractivity contribution in [2.75, 3.05) is 26.7 Å². The molecule has 0 aromatic carbocycles. The van der Waals surface area contributed by atoms with Crippen LogP contribution in [0.3, 0.4) is 0 Å². The molecule has 4 amide bonds. The molecule has 4 N–H and O–H groups in total. The van der Waals surface area contributed by atoms with Crippen molar-refractivity contribution < 1.29 is 53.2 Å². The molecule has 15 nitrogen and oxygen atoms in total. The van der Waals surface area contributed by atoms with Crippen LogP contribution in [0.15, 0.2) is 12.2 Å². The zero-order valence-corrected chi connectivity index (χ0v) is 30.0. The second-order valence-corrected chi connectivity index (χ2v) is 14.6. The Morgan fingerprint density at radius 2 is 1.59 bits per heavy atom. The van der Waals surface area contributed by atoms with Gasteiger partial charge in [0.1, 0.15) is 29.8 Å². The van der Waals surface area contributed by atoms with Gasteiger partial charge in [-0.05, 0) is 73.1 Å². The number of carbonyl (C=O) groups is 6. The Labute approximate surface area is 289 Å². The number of ether oxygens (including phenoxy) is 3. The number of rotatable bonds is 15. The Hall–Kier alpha value is -3.88. The van der Waals surface area contributed by atoms with Gasteiger partial charge >= 0.3 is 24.1 Å². The van der Waals surface area contributed by atoms with E-state index in [1.165, 1.54) is 11.0 Å². The number of nitrogens with one attached hydrogen (secondary N) is 2. The summed E-state index contributed by atoms with van der Waals surface area (Å²) < 4.78 is 15.4. The molecule has 2 aliphatic rings. The molecule has 4 atom stereocenters. The fourth-order valence-electron chi connectivity index (χ4n) is 5.89. The van der Waals surface area contributed by atoms with Gasteiger partial charge in [0.05, 0.1) is 13.2 Å². The summed E-state index contributed by atoms with van der Waals surface area (Å²) in [5, 5.41) is 25.7. The van der Waals surface area contributed by atoms with Gasteiger partial charge in [0, 0.05) is 13.1 Å². The lowest BCUT2D eigenvalue weighted by Crippen LogP contribution is -2.58. The SMILES string of the molecule is COC(=O)C(O)[C@H](CCCCNC(=O)OC(C)(C)C)NC(=O)[C@@H]1C=CCN1C(=O)[C@@H](CC1CCCCC1)N(CC(=O)O)C(=O)OC(C)(C)C. The van der Waals surface area contributed by atoms with E-state index >= 15 is 0 Å². The maximum atomic E-state index is 14.3. The van der Waals surface area contributed by atoms with Crippen LogP contribution in [0.2, 0.25) is 0 Å². The number of aliphatic carboxylic acids is 1. The lowest BCUT2D eigenvalue weighted by Gasteiger charge is -2.37. The molecule has 49 heavy (non-hydrogen) atoms. The van der Waals surface area contributed by atoms with E-state index in [0.29, 0.717) is 12.8 Å². The molecule has 1 fully saturated rings. The molecule has 0 saturated heterocycles. The van der Waals surface area contributed by atoms with Crippen molar-refractivity contribution in [3.05, 3.63) is 12.2 Å². The monoisotopic (exact) mass is 696 g/mol. The number of esters is 1. The Bertz CT molecular complexity index is 1190. The lowest BCUT2D eigenvalue weighted by atomic mass is 9.84. The molecule has 1 aliphatic heterocycles. The van der Waals surface area contributed by atoms with Gasteiger partial charge in [0.2, 0.25) is 11.8 Å². The third-order valence-corrected chi connectivity index (χ3v) is 8.15. The van der Waals surface area contributed by atoms with Crippen LogP contribution in [0.25, 0.3) is 0 Å². The molecular weight excluding hydrogens is 640 g/mol. The van der Waals surface area contributed by atoms with Crippen molar-refractivity contribution in [1.82, 2.24) is 20.4 Å². The number of aliphatic hydroxyl groups excluding tert-OH is 1. The Balaban J connectivity index is 2.25. The zero-order valence-electron chi connectivity index (χ0n) is 30.0. The summed E-state index contributed by atoms with van der Waals surface area (Å²) in [5.74, 6) is -3.50. The van der Waals surface area contributed by atoms with Crippen LogP contribution in [0.4, 0.5) is 9.59 Å². The summed E-state index contributed by atoms with van der Waals surface area (Å²) in [4.78, 5) is 79.6. The number of carboxylic acids is 1. The number of carbonyl (C=O) groups excluding carboxylic acids is 5. The summed E-state index contributed by atoms with van der Waals surface area (Å²) >= 11 is 0. The van der Waals surface area contributed by atoms with Crippen LogP contribution < -0.4 is 10.6 Å². The predicted octanol–water partition coefficient (Wildman–Crippen LogP) is 3.13. The first-order valence-corrected chi connectivity index (χ1v) is 17.0. The largest absolute Gasteiger partial charge is 0.480 e. The summed E-state index contributed by atoms with van der Waals surface area (Å²) in [6, 6.07) is -3.46. The molecule has 278 valence electrons. The van der Waals surface area contributed by atoms with Gasteiger partial charge in [-0.2, -0.15) is 0 Å². The topological polar surface area (TPSA) is 201 Å². The minimum absolute atomic E-state index is 0.0217. The standard InChI is InChI=1S/C34H56N4O11/c1-33(2,3)48-31(45)35-18-12-11-16-23(27(41)30(44)47-7)36-28(42)24-17-13-19-37(24)29(43)25(20-22-14-9-8-10-15-22)38(21-26(39)40)32(46)49-34(4,5)6/h13,17,22-25,27,41H,8-12,14-16,18-21H2,1-7H3,(H,35,45)(H,36,42)(H,39,40)/t23-,24-,25+,27?/m0/s1. The zero-order chi connectivity index (χ0) is 36.9. The molecule has 2 rings (SSSR count). The Kier molecular flexibility index (Phi) is 15.8. The first-order valence-electron chi connectivity index (χ1n) is 17.0. The fraction of sp³-hybridized carbons (Fsp3) is 0.765. The molecular formula is C34H56N4O11. The minimum Gasteiger partial charge on any atom is -0.480 e. The summed E-state index contributed by atoms with van der Waals surface area (Å²) in [5.41, 5.74) is -1.61. The average Bonchev–Trinajstić information content (AvgIpc) is 3.50. The van der Waals surface area contributed by atoms with E-state index in [1.54, 1.807) is 47.6 Å². The van der Waals surface area contributed by atoms with Crippen molar-refractivity contribution in [2.24, 2.45) is 5.92 Å². The molecule has 0 aromatic rings. The van der Waals surface area contributed by atoms with Gasteiger partial charge in [-0.25, -0.2) is 14.4 Å². The van der Waals surface area contributed by atoms with Crippen LogP contribution in [-0.4, -0.2) is 118 Å². The molecule has 1 aliphatic carbocycles. The molecule has 1 saturated carbocycles. The van der Waals surface area contributed by atoms with E-state index in [-0.39, 0.29) is 31.8 Å². The smallest absolute Gasteiger partial charge is 0.411 e. The van der Waals surface area contributed by atoms with Crippen LogP contribution in [-0.2, 0) is 33.4 Å². The number of alkyl carbamates (subject to hydrolysis) is 1. The minimum atomic E-state index is -1.71. The number of aliphatic hydroxyl groups is 1. The number of amides is 4. The van der Waals surface area contributed by atoms with Gasteiger partial charge in [0.15, 0.2) is 6.10 Å². The number of unbranched alkanes of at least 4 members (excludes halogenated alkanes) is 1. The Morgan fingerprint density at radius 1 is 0.959 bits per heavy atom. The normalized spacial score (nSPS) is 18.5. The molecule has 1 unspecified atom stereocenters. The van der Waals surface area contributed by atoms with Gasteiger partial charge in [-0.1, -0.05) is 44.3 Å². The third-order valence-electron chi connectivity index (χ3n) is 8.15. The Morgan fingerprint density at radius 3 is 2.16 bits per heavy atom. The maximum Gasteiger partial charge on any atom is 0.411 e. The number of hydrogen-bond donors (Lipinski definition) is 4. The van der Waals surface area contributed by atoms with Crippen molar-refractivity contribution in [2.45, 2.75) is 135 Å². The van der Waals surface area contributed by atoms with Gasteiger partial charge in [-0.3, -0.25) is 19.3 Å². The van der Waals surface area contributed by atoms with Gasteiger partial charge < -0.3 is 40.0 Å². The molecule has 15 heteroatoms. The van der Waals surface area contributed by atoms with E-state index in [9.17, 15) is 39.0 Å².